The molecule has 3 heteroatoms. The van der Waals surface area contributed by atoms with E-state index in [9.17, 15) is 4.79 Å². The van der Waals surface area contributed by atoms with Gasteiger partial charge in [-0.2, -0.15) is 0 Å². The summed E-state index contributed by atoms with van der Waals surface area (Å²) in [5.41, 5.74) is 6.29. The maximum Gasteiger partial charge on any atom is 0.312 e. The molecule has 3 nitrogen and oxygen atoms in total. The summed E-state index contributed by atoms with van der Waals surface area (Å²) in [6.45, 7) is 2.35. The predicted octanol–water partition coefficient (Wildman–Crippen LogP) is 1.50. The molecule has 0 saturated heterocycles. The van der Waals surface area contributed by atoms with E-state index in [2.05, 4.69) is 0 Å². The number of benzene rings is 1. The Bertz CT molecular complexity index is 310. The Labute approximate surface area is 83.9 Å². The number of esters is 1. The van der Waals surface area contributed by atoms with E-state index in [0.717, 1.165) is 12.0 Å². The third kappa shape index (κ3) is 2.85. The molecule has 0 aliphatic rings. The van der Waals surface area contributed by atoms with Crippen molar-refractivity contribution in [2.45, 2.75) is 19.8 Å². The average Bonchev–Trinajstić information content (AvgIpc) is 2.19. The van der Waals surface area contributed by atoms with Crippen LogP contribution in [0.1, 0.15) is 18.9 Å². The van der Waals surface area contributed by atoms with E-state index in [0.29, 0.717) is 12.3 Å². The van der Waals surface area contributed by atoms with Crippen LogP contribution < -0.4 is 10.5 Å². The fourth-order valence-electron chi connectivity index (χ4n) is 1.19. The van der Waals surface area contributed by atoms with E-state index in [1.54, 1.807) is 6.07 Å². The number of nitrogens with two attached hydrogens (primary N) is 1. The highest BCUT2D eigenvalue weighted by molar-refractivity contribution is 5.72. The second-order valence-corrected chi connectivity index (χ2v) is 2.97. The number of hydrogen-bond donors (Lipinski definition) is 1. The first-order valence-corrected chi connectivity index (χ1v) is 4.76. The van der Waals surface area contributed by atoms with Gasteiger partial charge in [0.25, 0.3) is 0 Å². The zero-order valence-electron chi connectivity index (χ0n) is 8.32. The molecule has 0 aliphatic heterocycles. The maximum absolute atomic E-state index is 11.2. The Kier molecular flexibility index (Phi) is 4.13. The molecule has 0 atom stereocenters. The lowest BCUT2D eigenvalue weighted by molar-refractivity contribution is -0.134. The SMILES string of the molecule is CCc1ccccc1OC(=O)CCN. The Balaban J connectivity index is 2.70. The summed E-state index contributed by atoms with van der Waals surface area (Å²) < 4.78 is 5.16. The summed E-state index contributed by atoms with van der Waals surface area (Å²) >= 11 is 0. The molecular formula is C11H15NO2. The quantitative estimate of drug-likeness (QED) is 0.582. The van der Waals surface area contributed by atoms with E-state index < -0.39 is 0 Å². The van der Waals surface area contributed by atoms with Crippen LogP contribution in [0.3, 0.4) is 0 Å². The van der Waals surface area contributed by atoms with E-state index >= 15 is 0 Å². The van der Waals surface area contributed by atoms with E-state index in [4.69, 9.17) is 10.5 Å². The molecule has 76 valence electrons. The van der Waals surface area contributed by atoms with Crippen molar-refractivity contribution < 1.29 is 9.53 Å². The highest BCUT2D eigenvalue weighted by Gasteiger charge is 2.06. The summed E-state index contributed by atoms with van der Waals surface area (Å²) in [5.74, 6) is 0.377. The fraction of sp³-hybridized carbons (Fsp3) is 0.364. The molecule has 0 aliphatic carbocycles. The molecule has 0 bridgehead atoms. The van der Waals surface area contributed by atoms with Gasteiger partial charge in [0.05, 0.1) is 6.42 Å². The summed E-state index contributed by atoms with van der Waals surface area (Å²) in [6.07, 6.45) is 1.12. The molecule has 1 aromatic rings. The van der Waals surface area contributed by atoms with Gasteiger partial charge in [-0.1, -0.05) is 25.1 Å². The molecule has 0 fully saturated rings. The molecule has 1 rings (SSSR count). The number of carbonyl (C=O) groups excluding carboxylic acids is 1. The number of carbonyl (C=O) groups is 1. The molecule has 0 heterocycles. The Morgan fingerprint density at radius 2 is 2.14 bits per heavy atom. The maximum atomic E-state index is 11.2. The van der Waals surface area contributed by atoms with Crippen LogP contribution in [0, 0.1) is 0 Å². The number of para-hydroxylation sites is 1. The van der Waals surface area contributed by atoms with Crippen LogP contribution in [0.15, 0.2) is 24.3 Å². The van der Waals surface area contributed by atoms with E-state index in [-0.39, 0.29) is 12.4 Å². The van der Waals surface area contributed by atoms with Gasteiger partial charge in [0.1, 0.15) is 5.75 Å². The molecule has 14 heavy (non-hydrogen) atoms. The largest absolute Gasteiger partial charge is 0.426 e. The van der Waals surface area contributed by atoms with Gasteiger partial charge in [0.2, 0.25) is 0 Å². The first-order valence-electron chi connectivity index (χ1n) is 4.76. The van der Waals surface area contributed by atoms with Crippen LogP contribution in [0.2, 0.25) is 0 Å². The van der Waals surface area contributed by atoms with Gasteiger partial charge in [0.15, 0.2) is 0 Å². The number of rotatable bonds is 4. The van der Waals surface area contributed by atoms with Crippen molar-refractivity contribution in [1.29, 1.82) is 0 Å². The van der Waals surface area contributed by atoms with E-state index in [1.807, 2.05) is 25.1 Å². The van der Waals surface area contributed by atoms with Crippen LogP contribution >= 0.6 is 0 Å². The van der Waals surface area contributed by atoms with Gasteiger partial charge in [-0.3, -0.25) is 4.79 Å². The first-order chi connectivity index (χ1) is 6.77. The molecule has 0 radical (unpaired) electrons. The summed E-state index contributed by atoms with van der Waals surface area (Å²) in [4.78, 5) is 11.2. The molecule has 0 unspecified atom stereocenters. The van der Waals surface area contributed by atoms with Crippen LogP contribution in [-0.2, 0) is 11.2 Å². The van der Waals surface area contributed by atoms with Crippen LogP contribution in [0.4, 0.5) is 0 Å². The average molecular weight is 193 g/mol. The van der Waals surface area contributed by atoms with E-state index in [1.165, 1.54) is 0 Å². The first kappa shape index (κ1) is 10.7. The van der Waals surface area contributed by atoms with Gasteiger partial charge in [-0.15, -0.1) is 0 Å². The van der Waals surface area contributed by atoms with Crippen molar-refractivity contribution in [3.05, 3.63) is 29.8 Å². The summed E-state index contributed by atoms with van der Waals surface area (Å²) in [5, 5.41) is 0. The second-order valence-electron chi connectivity index (χ2n) is 2.97. The smallest absolute Gasteiger partial charge is 0.312 e. The highest BCUT2D eigenvalue weighted by atomic mass is 16.5. The topological polar surface area (TPSA) is 52.3 Å². The minimum atomic E-state index is -0.270. The molecule has 0 spiro atoms. The summed E-state index contributed by atoms with van der Waals surface area (Å²) in [7, 11) is 0. The second kappa shape index (κ2) is 5.40. The van der Waals surface area contributed by atoms with Crippen LogP contribution in [0.5, 0.6) is 5.75 Å². The van der Waals surface area contributed by atoms with Gasteiger partial charge in [0, 0.05) is 6.54 Å². The fourth-order valence-corrected chi connectivity index (χ4v) is 1.19. The van der Waals surface area contributed by atoms with Crippen molar-refractivity contribution in [2.75, 3.05) is 6.54 Å². The molecule has 2 N–H and O–H groups in total. The molecule has 0 amide bonds. The van der Waals surface area contributed by atoms with Crippen molar-refractivity contribution in [3.63, 3.8) is 0 Å². The van der Waals surface area contributed by atoms with Gasteiger partial charge < -0.3 is 10.5 Å². The summed E-state index contributed by atoms with van der Waals surface area (Å²) in [6, 6.07) is 7.53. The zero-order valence-corrected chi connectivity index (χ0v) is 8.32. The van der Waals surface area contributed by atoms with Crippen molar-refractivity contribution in [3.8, 4) is 5.75 Å². The Morgan fingerprint density at radius 1 is 1.43 bits per heavy atom. The standard InChI is InChI=1S/C11H15NO2/c1-2-9-5-3-4-6-10(9)14-11(13)7-8-12/h3-6H,2,7-8,12H2,1H3. The van der Waals surface area contributed by atoms with Gasteiger partial charge in [-0.25, -0.2) is 0 Å². The lowest BCUT2D eigenvalue weighted by atomic mass is 10.1. The third-order valence-electron chi connectivity index (χ3n) is 1.93. The normalized spacial score (nSPS) is 9.86. The number of aryl methyl sites for hydroxylation is 1. The van der Waals surface area contributed by atoms with Crippen LogP contribution in [-0.4, -0.2) is 12.5 Å². The third-order valence-corrected chi connectivity index (χ3v) is 1.93. The minimum absolute atomic E-state index is 0.262. The zero-order chi connectivity index (χ0) is 10.4. The number of ether oxygens (including phenoxy) is 1. The number of hydrogen-bond acceptors (Lipinski definition) is 3. The lowest BCUT2D eigenvalue weighted by Gasteiger charge is -2.07. The van der Waals surface area contributed by atoms with Gasteiger partial charge >= 0.3 is 5.97 Å². The predicted molar refractivity (Wildman–Crippen MR) is 55.1 cm³/mol. The van der Waals surface area contributed by atoms with Crippen molar-refractivity contribution in [2.24, 2.45) is 5.73 Å². The van der Waals surface area contributed by atoms with Crippen LogP contribution in [0.25, 0.3) is 0 Å². The Morgan fingerprint density at radius 3 is 2.79 bits per heavy atom. The van der Waals surface area contributed by atoms with Crippen molar-refractivity contribution in [1.82, 2.24) is 0 Å². The van der Waals surface area contributed by atoms with Gasteiger partial charge in [-0.05, 0) is 18.1 Å². The lowest BCUT2D eigenvalue weighted by Crippen LogP contribution is -2.14. The Hall–Kier alpha value is -1.35. The van der Waals surface area contributed by atoms with Crippen molar-refractivity contribution >= 4 is 5.97 Å². The molecule has 0 saturated carbocycles. The molecule has 0 aromatic heterocycles. The molecule has 1 aromatic carbocycles. The highest BCUT2D eigenvalue weighted by Crippen LogP contribution is 2.18. The molecular weight excluding hydrogens is 178 g/mol. The monoisotopic (exact) mass is 193 g/mol. The minimum Gasteiger partial charge on any atom is -0.426 e.